The molecule has 0 aromatic heterocycles. The SMILES string of the molecule is COc1ccc(N2CCN(CC(=O)NCc3ccc(OCc4ccccc4)cc3)C2=O)cc1OC. The Labute approximate surface area is 205 Å². The molecule has 1 saturated heterocycles. The van der Waals surface area contributed by atoms with Crippen molar-refractivity contribution in [3.63, 3.8) is 0 Å². The van der Waals surface area contributed by atoms with Crippen LogP contribution in [-0.2, 0) is 17.9 Å². The van der Waals surface area contributed by atoms with Crippen LogP contribution < -0.4 is 24.4 Å². The number of hydrogen-bond donors (Lipinski definition) is 1. The first-order valence-corrected chi connectivity index (χ1v) is 11.4. The summed E-state index contributed by atoms with van der Waals surface area (Å²) in [5, 5.41) is 2.88. The average Bonchev–Trinajstić information content (AvgIpc) is 3.26. The predicted octanol–water partition coefficient (Wildman–Crippen LogP) is 3.84. The van der Waals surface area contributed by atoms with Crippen LogP contribution in [0, 0.1) is 0 Å². The van der Waals surface area contributed by atoms with E-state index in [0.717, 1.165) is 16.9 Å². The van der Waals surface area contributed by atoms with Gasteiger partial charge in [-0.1, -0.05) is 42.5 Å². The van der Waals surface area contributed by atoms with Crippen molar-refractivity contribution in [3.05, 3.63) is 83.9 Å². The number of methoxy groups -OCH3 is 2. The van der Waals surface area contributed by atoms with E-state index in [4.69, 9.17) is 14.2 Å². The van der Waals surface area contributed by atoms with Crippen LogP contribution in [0.3, 0.4) is 0 Å². The van der Waals surface area contributed by atoms with Gasteiger partial charge in [-0.2, -0.15) is 0 Å². The van der Waals surface area contributed by atoms with Crippen LogP contribution in [0.25, 0.3) is 0 Å². The number of ether oxygens (including phenoxy) is 3. The van der Waals surface area contributed by atoms with E-state index in [1.54, 1.807) is 37.3 Å². The molecule has 8 nitrogen and oxygen atoms in total. The summed E-state index contributed by atoms with van der Waals surface area (Å²) >= 11 is 0. The molecule has 0 saturated carbocycles. The van der Waals surface area contributed by atoms with Crippen LogP contribution in [0.4, 0.5) is 10.5 Å². The maximum absolute atomic E-state index is 12.9. The van der Waals surface area contributed by atoms with Gasteiger partial charge in [-0.15, -0.1) is 0 Å². The van der Waals surface area contributed by atoms with Gasteiger partial charge in [-0.05, 0) is 35.4 Å². The van der Waals surface area contributed by atoms with Crippen LogP contribution in [0.15, 0.2) is 72.8 Å². The van der Waals surface area contributed by atoms with Crippen molar-refractivity contribution >= 4 is 17.6 Å². The molecule has 1 fully saturated rings. The molecule has 0 unspecified atom stereocenters. The molecule has 0 spiro atoms. The Hall–Kier alpha value is -4.20. The van der Waals surface area contributed by atoms with Gasteiger partial charge in [0.1, 0.15) is 18.9 Å². The second-order valence-corrected chi connectivity index (χ2v) is 8.09. The Bertz CT molecular complexity index is 1150. The van der Waals surface area contributed by atoms with E-state index in [-0.39, 0.29) is 18.5 Å². The Kier molecular flexibility index (Phi) is 7.72. The second kappa shape index (κ2) is 11.3. The fraction of sp³-hybridized carbons (Fsp3) is 0.259. The molecular weight excluding hydrogens is 446 g/mol. The standard InChI is InChI=1S/C27H29N3O5/c1-33-24-13-10-22(16-25(24)34-2)30-15-14-29(27(30)32)18-26(31)28-17-20-8-11-23(12-9-20)35-19-21-6-4-3-5-7-21/h3-13,16H,14-15,17-19H2,1-2H3,(H,28,31). The highest BCUT2D eigenvalue weighted by atomic mass is 16.5. The van der Waals surface area contributed by atoms with Crippen molar-refractivity contribution in [3.8, 4) is 17.2 Å². The molecule has 3 aromatic rings. The fourth-order valence-electron chi connectivity index (χ4n) is 3.84. The first kappa shape index (κ1) is 23.9. The van der Waals surface area contributed by atoms with Gasteiger partial charge < -0.3 is 24.4 Å². The molecule has 182 valence electrons. The van der Waals surface area contributed by atoms with E-state index >= 15 is 0 Å². The number of benzene rings is 3. The number of nitrogens with zero attached hydrogens (tertiary/aromatic N) is 2. The van der Waals surface area contributed by atoms with Crippen LogP contribution >= 0.6 is 0 Å². The summed E-state index contributed by atoms with van der Waals surface area (Å²) in [6.07, 6.45) is 0. The number of hydrogen-bond acceptors (Lipinski definition) is 5. The Balaban J connectivity index is 1.25. The molecule has 3 aromatic carbocycles. The van der Waals surface area contributed by atoms with Crippen LogP contribution in [-0.4, -0.2) is 50.7 Å². The fourth-order valence-corrected chi connectivity index (χ4v) is 3.84. The summed E-state index contributed by atoms with van der Waals surface area (Å²) in [4.78, 5) is 28.5. The third-order valence-corrected chi connectivity index (χ3v) is 5.77. The first-order chi connectivity index (χ1) is 17.1. The Morgan fingerprint density at radius 2 is 1.63 bits per heavy atom. The number of carbonyl (C=O) groups excluding carboxylic acids is 2. The number of urea groups is 1. The van der Waals surface area contributed by atoms with Gasteiger partial charge in [0.25, 0.3) is 0 Å². The van der Waals surface area contributed by atoms with Gasteiger partial charge in [-0.25, -0.2) is 4.79 Å². The van der Waals surface area contributed by atoms with Crippen molar-refractivity contribution in [2.75, 3.05) is 38.8 Å². The number of anilines is 1. The summed E-state index contributed by atoms with van der Waals surface area (Å²) < 4.78 is 16.4. The monoisotopic (exact) mass is 475 g/mol. The van der Waals surface area contributed by atoms with E-state index in [1.165, 1.54) is 4.90 Å². The van der Waals surface area contributed by atoms with E-state index < -0.39 is 0 Å². The van der Waals surface area contributed by atoms with Crippen molar-refractivity contribution < 1.29 is 23.8 Å². The summed E-state index contributed by atoms with van der Waals surface area (Å²) in [5.41, 5.74) is 2.75. The van der Waals surface area contributed by atoms with Crippen molar-refractivity contribution in [2.24, 2.45) is 0 Å². The lowest BCUT2D eigenvalue weighted by atomic mass is 10.2. The normalized spacial score (nSPS) is 13.0. The highest BCUT2D eigenvalue weighted by molar-refractivity contribution is 5.96. The van der Waals surface area contributed by atoms with Crippen molar-refractivity contribution in [1.29, 1.82) is 0 Å². The molecule has 4 rings (SSSR count). The number of carbonyl (C=O) groups is 2. The molecule has 0 atom stereocenters. The van der Waals surface area contributed by atoms with Gasteiger partial charge >= 0.3 is 6.03 Å². The lowest BCUT2D eigenvalue weighted by Crippen LogP contribution is -2.39. The minimum atomic E-state index is -0.215. The molecule has 1 aliphatic heterocycles. The van der Waals surface area contributed by atoms with Crippen molar-refractivity contribution in [1.82, 2.24) is 10.2 Å². The summed E-state index contributed by atoms with van der Waals surface area (Å²) in [7, 11) is 3.11. The topological polar surface area (TPSA) is 80.3 Å². The van der Waals surface area contributed by atoms with Crippen LogP contribution in [0.1, 0.15) is 11.1 Å². The van der Waals surface area contributed by atoms with E-state index in [9.17, 15) is 9.59 Å². The summed E-state index contributed by atoms with van der Waals surface area (Å²) in [5.74, 6) is 1.69. The lowest BCUT2D eigenvalue weighted by Gasteiger charge is -2.19. The van der Waals surface area contributed by atoms with Crippen molar-refractivity contribution in [2.45, 2.75) is 13.2 Å². The lowest BCUT2D eigenvalue weighted by molar-refractivity contribution is -0.121. The quantitative estimate of drug-likeness (QED) is 0.482. The maximum atomic E-state index is 12.9. The summed E-state index contributed by atoms with van der Waals surface area (Å²) in [6.45, 7) is 1.83. The maximum Gasteiger partial charge on any atom is 0.325 e. The van der Waals surface area contributed by atoms with E-state index in [1.807, 2.05) is 54.6 Å². The zero-order valence-corrected chi connectivity index (χ0v) is 19.9. The highest BCUT2D eigenvalue weighted by Gasteiger charge is 2.31. The molecule has 0 bridgehead atoms. The highest BCUT2D eigenvalue weighted by Crippen LogP contribution is 2.32. The number of nitrogens with one attached hydrogen (secondary N) is 1. The third kappa shape index (κ3) is 6.03. The van der Waals surface area contributed by atoms with Crippen LogP contribution in [0.2, 0.25) is 0 Å². The molecule has 35 heavy (non-hydrogen) atoms. The van der Waals surface area contributed by atoms with Gasteiger partial charge in [-0.3, -0.25) is 9.69 Å². The third-order valence-electron chi connectivity index (χ3n) is 5.77. The molecule has 8 heteroatoms. The summed E-state index contributed by atoms with van der Waals surface area (Å²) in [6, 6.07) is 22.7. The first-order valence-electron chi connectivity index (χ1n) is 11.4. The molecule has 1 aliphatic rings. The molecule has 0 aliphatic carbocycles. The Morgan fingerprint density at radius 1 is 0.886 bits per heavy atom. The largest absolute Gasteiger partial charge is 0.493 e. The van der Waals surface area contributed by atoms with E-state index in [2.05, 4.69) is 5.32 Å². The minimum Gasteiger partial charge on any atom is -0.493 e. The van der Waals surface area contributed by atoms with Gasteiger partial charge in [0.05, 0.1) is 14.2 Å². The Morgan fingerprint density at radius 3 is 2.34 bits per heavy atom. The zero-order valence-electron chi connectivity index (χ0n) is 19.9. The van der Waals surface area contributed by atoms with Gasteiger partial charge in [0, 0.05) is 31.4 Å². The van der Waals surface area contributed by atoms with Crippen LogP contribution in [0.5, 0.6) is 17.2 Å². The minimum absolute atomic E-state index is 0.000886. The molecule has 1 heterocycles. The molecule has 0 radical (unpaired) electrons. The molecule has 3 amide bonds. The molecular formula is C27H29N3O5. The number of amides is 3. The molecule has 1 N–H and O–H groups in total. The smallest absolute Gasteiger partial charge is 0.325 e. The van der Waals surface area contributed by atoms with Gasteiger partial charge in [0.2, 0.25) is 5.91 Å². The second-order valence-electron chi connectivity index (χ2n) is 8.09. The number of rotatable bonds is 10. The average molecular weight is 476 g/mol. The van der Waals surface area contributed by atoms with Gasteiger partial charge in [0.15, 0.2) is 11.5 Å². The zero-order chi connectivity index (χ0) is 24.6. The predicted molar refractivity (Wildman–Crippen MR) is 133 cm³/mol. The van der Waals surface area contributed by atoms with E-state index in [0.29, 0.717) is 43.4 Å².